The maximum Gasteiger partial charge on any atom is 0.134 e. The first-order valence-electron chi connectivity index (χ1n) is 5.58. The first-order valence-corrected chi connectivity index (χ1v) is 5.58. The Morgan fingerprint density at radius 3 is 2.67 bits per heavy atom. The quantitative estimate of drug-likeness (QED) is 0.736. The molecule has 1 heterocycles. The van der Waals surface area contributed by atoms with E-state index in [1.54, 1.807) is 0 Å². The second-order valence-electron chi connectivity index (χ2n) is 3.95. The first-order chi connectivity index (χ1) is 7.15. The monoisotopic (exact) mass is 211 g/mol. The van der Waals surface area contributed by atoms with Crippen molar-refractivity contribution >= 4 is 0 Å². The summed E-state index contributed by atoms with van der Waals surface area (Å²) in [6.07, 6.45) is 2.07. The van der Waals surface area contributed by atoms with Crippen LogP contribution >= 0.6 is 0 Å². The summed E-state index contributed by atoms with van der Waals surface area (Å²) >= 11 is 0. The Balaban J connectivity index is 2.58. The fraction of sp³-hybridized carbons (Fsp3) is 0.667. The third-order valence-electron chi connectivity index (χ3n) is 2.31. The number of hydrogen-bond acceptors (Lipinski definition) is 3. The minimum absolute atomic E-state index is 0.0487. The largest absolute Gasteiger partial charge is 0.464 e. The van der Waals surface area contributed by atoms with Crippen LogP contribution in [0.4, 0.5) is 0 Å². The van der Waals surface area contributed by atoms with Crippen LogP contribution in [-0.2, 0) is 4.74 Å². The predicted octanol–water partition coefficient (Wildman–Crippen LogP) is 2.79. The molecule has 3 heteroatoms. The summed E-state index contributed by atoms with van der Waals surface area (Å²) in [5, 5.41) is 0. The molecule has 2 atom stereocenters. The van der Waals surface area contributed by atoms with E-state index >= 15 is 0 Å². The van der Waals surface area contributed by atoms with Gasteiger partial charge in [0, 0.05) is 12.6 Å². The summed E-state index contributed by atoms with van der Waals surface area (Å²) in [5.41, 5.74) is 5.88. The van der Waals surface area contributed by atoms with Crippen LogP contribution in [0, 0.1) is 6.92 Å². The highest BCUT2D eigenvalue weighted by atomic mass is 16.5. The fourth-order valence-corrected chi connectivity index (χ4v) is 1.45. The first kappa shape index (κ1) is 12.3. The van der Waals surface area contributed by atoms with Crippen LogP contribution in [0.2, 0.25) is 0 Å². The highest BCUT2D eigenvalue weighted by molar-refractivity contribution is 5.09. The molecule has 0 aliphatic carbocycles. The molecule has 0 fully saturated rings. The summed E-state index contributed by atoms with van der Waals surface area (Å²) < 4.78 is 11.3. The smallest absolute Gasteiger partial charge is 0.134 e. The van der Waals surface area contributed by atoms with Crippen LogP contribution in [0.25, 0.3) is 0 Å². The van der Waals surface area contributed by atoms with Gasteiger partial charge in [-0.05, 0) is 32.4 Å². The normalized spacial score (nSPS) is 15.2. The molecule has 15 heavy (non-hydrogen) atoms. The average molecular weight is 211 g/mol. The summed E-state index contributed by atoms with van der Waals surface area (Å²) in [6.45, 7) is 6.74. The van der Waals surface area contributed by atoms with Gasteiger partial charge in [0.25, 0.3) is 0 Å². The molecule has 0 saturated heterocycles. The van der Waals surface area contributed by atoms with Crippen LogP contribution in [0.3, 0.4) is 0 Å². The van der Waals surface area contributed by atoms with Crippen LogP contribution in [0.15, 0.2) is 16.5 Å². The number of hydrogen-bond donors (Lipinski definition) is 1. The Labute approximate surface area is 91.6 Å². The van der Waals surface area contributed by atoms with Crippen molar-refractivity contribution in [2.24, 2.45) is 5.73 Å². The molecule has 0 radical (unpaired) electrons. The Hall–Kier alpha value is -0.800. The van der Waals surface area contributed by atoms with E-state index in [4.69, 9.17) is 14.9 Å². The minimum atomic E-state index is -0.120. The van der Waals surface area contributed by atoms with Gasteiger partial charge in [-0.15, -0.1) is 0 Å². The van der Waals surface area contributed by atoms with Crippen molar-refractivity contribution in [2.45, 2.75) is 45.8 Å². The van der Waals surface area contributed by atoms with Gasteiger partial charge in [-0.1, -0.05) is 13.3 Å². The van der Waals surface area contributed by atoms with Gasteiger partial charge in [0.15, 0.2) is 0 Å². The zero-order valence-electron chi connectivity index (χ0n) is 9.82. The van der Waals surface area contributed by atoms with Crippen molar-refractivity contribution in [1.29, 1.82) is 0 Å². The summed E-state index contributed by atoms with van der Waals surface area (Å²) in [7, 11) is 0. The lowest BCUT2D eigenvalue weighted by Gasteiger charge is -2.19. The van der Waals surface area contributed by atoms with Gasteiger partial charge in [-0.2, -0.15) is 0 Å². The molecule has 3 nitrogen and oxygen atoms in total. The topological polar surface area (TPSA) is 48.4 Å². The average Bonchev–Trinajstić information content (AvgIpc) is 2.59. The van der Waals surface area contributed by atoms with E-state index in [0.717, 1.165) is 31.0 Å². The van der Waals surface area contributed by atoms with Gasteiger partial charge in [-0.25, -0.2) is 0 Å². The molecule has 0 aliphatic rings. The van der Waals surface area contributed by atoms with E-state index in [9.17, 15) is 0 Å². The van der Waals surface area contributed by atoms with Gasteiger partial charge in [0.1, 0.15) is 17.6 Å². The van der Waals surface area contributed by atoms with E-state index in [0.29, 0.717) is 0 Å². The number of nitrogens with two attached hydrogens (primary N) is 1. The number of rotatable bonds is 6. The van der Waals surface area contributed by atoms with Gasteiger partial charge >= 0.3 is 0 Å². The van der Waals surface area contributed by atoms with Crippen molar-refractivity contribution < 1.29 is 9.15 Å². The molecule has 0 bridgehead atoms. The van der Waals surface area contributed by atoms with E-state index in [2.05, 4.69) is 6.92 Å². The molecule has 1 rings (SSSR count). The maximum atomic E-state index is 5.88. The second kappa shape index (κ2) is 5.93. The van der Waals surface area contributed by atoms with E-state index in [1.165, 1.54) is 0 Å². The van der Waals surface area contributed by atoms with E-state index in [-0.39, 0.29) is 12.1 Å². The Morgan fingerprint density at radius 1 is 1.47 bits per heavy atom. The lowest BCUT2D eigenvalue weighted by atomic mass is 10.1. The Kier molecular flexibility index (Phi) is 4.85. The van der Waals surface area contributed by atoms with Crippen LogP contribution in [-0.4, -0.2) is 12.6 Å². The van der Waals surface area contributed by atoms with E-state index in [1.807, 2.05) is 26.0 Å². The molecule has 1 aromatic heterocycles. The third kappa shape index (κ3) is 3.68. The molecule has 0 aromatic carbocycles. The molecule has 1 aromatic rings. The molecule has 0 spiro atoms. The molecule has 2 unspecified atom stereocenters. The highest BCUT2D eigenvalue weighted by Crippen LogP contribution is 2.22. The van der Waals surface area contributed by atoms with Crippen molar-refractivity contribution in [2.75, 3.05) is 6.61 Å². The lowest BCUT2D eigenvalue weighted by Crippen LogP contribution is -2.27. The second-order valence-corrected chi connectivity index (χ2v) is 3.95. The molecular weight excluding hydrogens is 190 g/mol. The molecule has 86 valence electrons. The van der Waals surface area contributed by atoms with Gasteiger partial charge in [-0.3, -0.25) is 0 Å². The van der Waals surface area contributed by atoms with Gasteiger partial charge in [0.2, 0.25) is 0 Å². The standard InChI is InChI=1S/C12H21NO2/c1-4-5-8-14-12(10(3)13)11-7-6-9(2)15-11/h6-7,10,12H,4-5,8,13H2,1-3H3. The minimum Gasteiger partial charge on any atom is -0.464 e. The number of aryl methyl sites for hydroxylation is 1. The van der Waals surface area contributed by atoms with Gasteiger partial charge in [0.05, 0.1) is 0 Å². The van der Waals surface area contributed by atoms with Gasteiger partial charge < -0.3 is 14.9 Å². The number of furan rings is 1. The zero-order valence-corrected chi connectivity index (χ0v) is 9.82. The van der Waals surface area contributed by atoms with Crippen molar-refractivity contribution in [1.82, 2.24) is 0 Å². The number of unbranched alkanes of at least 4 members (excludes halogenated alkanes) is 1. The van der Waals surface area contributed by atoms with Crippen molar-refractivity contribution in [3.8, 4) is 0 Å². The number of ether oxygens (including phenoxy) is 1. The van der Waals surface area contributed by atoms with Crippen molar-refractivity contribution in [3.05, 3.63) is 23.7 Å². The zero-order chi connectivity index (χ0) is 11.3. The fourth-order valence-electron chi connectivity index (χ4n) is 1.45. The molecule has 0 aliphatic heterocycles. The third-order valence-corrected chi connectivity index (χ3v) is 2.31. The highest BCUT2D eigenvalue weighted by Gasteiger charge is 2.19. The predicted molar refractivity (Wildman–Crippen MR) is 60.7 cm³/mol. The summed E-state index contributed by atoms with van der Waals surface area (Å²) in [5.74, 6) is 1.73. The van der Waals surface area contributed by atoms with Crippen LogP contribution in [0.5, 0.6) is 0 Å². The molecular formula is C12H21NO2. The van der Waals surface area contributed by atoms with Crippen LogP contribution in [0.1, 0.15) is 44.3 Å². The lowest BCUT2D eigenvalue weighted by molar-refractivity contribution is 0.0218. The molecule has 0 amide bonds. The van der Waals surface area contributed by atoms with E-state index < -0.39 is 0 Å². The SMILES string of the molecule is CCCCOC(c1ccc(C)o1)C(C)N. The molecule has 2 N–H and O–H groups in total. The van der Waals surface area contributed by atoms with Crippen molar-refractivity contribution in [3.63, 3.8) is 0 Å². The molecule has 0 saturated carbocycles. The Morgan fingerprint density at radius 2 is 2.20 bits per heavy atom. The summed E-state index contributed by atoms with van der Waals surface area (Å²) in [6, 6.07) is 3.83. The maximum absolute atomic E-state index is 5.88. The summed E-state index contributed by atoms with van der Waals surface area (Å²) in [4.78, 5) is 0. The van der Waals surface area contributed by atoms with Crippen LogP contribution < -0.4 is 5.73 Å². The Bertz CT molecular complexity index is 281.